The largest absolute Gasteiger partial charge is 0.486 e. The van der Waals surface area contributed by atoms with E-state index in [1.807, 2.05) is 0 Å². The molecule has 0 radical (unpaired) electrons. The number of alkyl halides is 3. The molecule has 0 saturated heterocycles. The van der Waals surface area contributed by atoms with E-state index >= 15 is 0 Å². The second kappa shape index (κ2) is 4.73. The third-order valence-corrected chi connectivity index (χ3v) is 2.28. The summed E-state index contributed by atoms with van der Waals surface area (Å²) in [4.78, 5) is 0. The van der Waals surface area contributed by atoms with Gasteiger partial charge < -0.3 is 14.8 Å². The lowest BCUT2D eigenvalue weighted by Gasteiger charge is -2.19. The third-order valence-electron chi connectivity index (χ3n) is 2.28. The van der Waals surface area contributed by atoms with Crippen molar-refractivity contribution in [1.82, 2.24) is 0 Å². The Morgan fingerprint density at radius 2 is 1.82 bits per heavy atom. The maximum atomic E-state index is 11.9. The summed E-state index contributed by atoms with van der Waals surface area (Å²) in [6.45, 7) is 0.802. The van der Waals surface area contributed by atoms with Gasteiger partial charge in [-0.1, -0.05) is 0 Å². The Morgan fingerprint density at radius 1 is 1.12 bits per heavy atom. The molecular formula is C11H12F3NO2. The van der Waals surface area contributed by atoms with Crippen LogP contribution in [0, 0.1) is 0 Å². The van der Waals surface area contributed by atoms with Crippen molar-refractivity contribution in [2.24, 2.45) is 0 Å². The Balaban J connectivity index is 1.93. The molecule has 1 heterocycles. The molecule has 1 aliphatic rings. The van der Waals surface area contributed by atoms with Crippen molar-refractivity contribution in [2.45, 2.75) is 12.6 Å². The van der Waals surface area contributed by atoms with Crippen molar-refractivity contribution in [2.75, 3.05) is 25.1 Å². The van der Waals surface area contributed by atoms with Crippen molar-refractivity contribution in [3.8, 4) is 11.5 Å². The molecule has 1 aromatic carbocycles. The first-order valence-electron chi connectivity index (χ1n) is 5.25. The summed E-state index contributed by atoms with van der Waals surface area (Å²) in [7, 11) is 0. The fraction of sp³-hybridized carbons (Fsp3) is 0.455. The van der Waals surface area contributed by atoms with Gasteiger partial charge in [-0.05, 0) is 12.1 Å². The standard InChI is InChI=1S/C11H12F3NO2/c12-11(13,14)3-4-15-8-1-2-9-10(7-8)17-6-5-16-9/h1-2,7,15H,3-6H2. The number of nitrogens with one attached hydrogen (secondary N) is 1. The van der Waals surface area contributed by atoms with Crippen LogP contribution in [0.2, 0.25) is 0 Å². The average Bonchev–Trinajstić information content (AvgIpc) is 2.27. The molecule has 0 spiro atoms. The van der Waals surface area contributed by atoms with Gasteiger partial charge in [0, 0.05) is 18.3 Å². The number of fused-ring (bicyclic) bond motifs is 1. The van der Waals surface area contributed by atoms with Crippen LogP contribution >= 0.6 is 0 Å². The lowest BCUT2D eigenvalue weighted by atomic mass is 10.2. The van der Waals surface area contributed by atoms with E-state index in [-0.39, 0.29) is 6.54 Å². The van der Waals surface area contributed by atoms with Gasteiger partial charge in [0.15, 0.2) is 11.5 Å². The highest BCUT2D eigenvalue weighted by molar-refractivity contribution is 5.55. The first-order chi connectivity index (χ1) is 8.04. The van der Waals surface area contributed by atoms with E-state index < -0.39 is 12.6 Å². The Kier molecular flexibility index (Phi) is 3.31. The fourth-order valence-corrected chi connectivity index (χ4v) is 1.50. The van der Waals surface area contributed by atoms with E-state index in [1.165, 1.54) is 0 Å². The van der Waals surface area contributed by atoms with Crippen molar-refractivity contribution in [3.63, 3.8) is 0 Å². The minimum absolute atomic E-state index is 0.150. The molecule has 1 N–H and O–H groups in total. The molecule has 2 rings (SSSR count). The first kappa shape index (κ1) is 11.9. The topological polar surface area (TPSA) is 30.5 Å². The van der Waals surface area contributed by atoms with Gasteiger partial charge in [-0.2, -0.15) is 13.2 Å². The smallest absolute Gasteiger partial charge is 0.390 e. The van der Waals surface area contributed by atoms with Gasteiger partial charge >= 0.3 is 6.18 Å². The maximum absolute atomic E-state index is 11.9. The number of halogens is 3. The van der Waals surface area contributed by atoms with Gasteiger partial charge in [-0.25, -0.2) is 0 Å². The molecule has 17 heavy (non-hydrogen) atoms. The Morgan fingerprint density at radius 3 is 2.53 bits per heavy atom. The molecule has 0 amide bonds. The van der Waals surface area contributed by atoms with Crippen molar-refractivity contribution < 1.29 is 22.6 Å². The van der Waals surface area contributed by atoms with Crippen LogP contribution in [0.5, 0.6) is 11.5 Å². The van der Waals surface area contributed by atoms with Gasteiger partial charge in [-0.15, -0.1) is 0 Å². The SMILES string of the molecule is FC(F)(F)CCNc1ccc2c(c1)OCCO2. The highest BCUT2D eigenvalue weighted by atomic mass is 19.4. The zero-order valence-corrected chi connectivity index (χ0v) is 9.01. The Labute approximate surface area is 96.5 Å². The number of ether oxygens (including phenoxy) is 2. The van der Waals surface area contributed by atoms with E-state index in [2.05, 4.69) is 5.32 Å². The lowest BCUT2D eigenvalue weighted by molar-refractivity contribution is -0.131. The molecule has 0 aliphatic carbocycles. The Hall–Kier alpha value is -1.59. The summed E-state index contributed by atoms with van der Waals surface area (Å²) in [6.07, 6.45) is -5.00. The quantitative estimate of drug-likeness (QED) is 0.890. The summed E-state index contributed by atoms with van der Waals surface area (Å²) in [6, 6.07) is 5.00. The average molecular weight is 247 g/mol. The molecule has 0 bridgehead atoms. The van der Waals surface area contributed by atoms with Crippen molar-refractivity contribution in [3.05, 3.63) is 18.2 Å². The zero-order valence-electron chi connectivity index (χ0n) is 9.01. The van der Waals surface area contributed by atoms with Crippen LogP contribution in [-0.2, 0) is 0 Å². The van der Waals surface area contributed by atoms with Crippen LogP contribution in [0.3, 0.4) is 0 Å². The molecule has 0 unspecified atom stereocenters. The van der Waals surface area contributed by atoms with E-state index in [0.717, 1.165) is 0 Å². The number of benzene rings is 1. The molecule has 1 aromatic rings. The van der Waals surface area contributed by atoms with E-state index in [1.54, 1.807) is 18.2 Å². The zero-order chi connectivity index (χ0) is 12.3. The third kappa shape index (κ3) is 3.44. The van der Waals surface area contributed by atoms with Gasteiger partial charge in [-0.3, -0.25) is 0 Å². The van der Waals surface area contributed by atoms with Crippen LogP contribution in [0.4, 0.5) is 18.9 Å². The van der Waals surface area contributed by atoms with Crippen LogP contribution in [0.25, 0.3) is 0 Å². The summed E-state index contributed by atoms with van der Waals surface area (Å²) in [5, 5.41) is 2.70. The molecule has 3 nitrogen and oxygen atoms in total. The predicted molar refractivity (Wildman–Crippen MR) is 56.6 cm³/mol. The maximum Gasteiger partial charge on any atom is 0.390 e. The van der Waals surface area contributed by atoms with Gasteiger partial charge in [0.1, 0.15) is 13.2 Å². The molecule has 1 aliphatic heterocycles. The summed E-state index contributed by atoms with van der Waals surface area (Å²) in [5.41, 5.74) is 0.596. The van der Waals surface area contributed by atoms with Crippen molar-refractivity contribution >= 4 is 5.69 Å². The van der Waals surface area contributed by atoms with Crippen LogP contribution in [-0.4, -0.2) is 25.9 Å². The minimum Gasteiger partial charge on any atom is -0.486 e. The molecule has 94 valence electrons. The van der Waals surface area contributed by atoms with E-state index in [0.29, 0.717) is 30.4 Å². The number of hydrogen-bond donors (Lipinski definition) is 1. The number of rotatable bonds is 3. The molecule has 0 atom stereocenters. The highest BCUT2D eigenvalue weighted by Gasteiger charge is 2.26. The molecule has 6 heteroatoms. The van der Waals surface area contributed by atoms with Gasteiger partial charge in [0.05, 0.1) is 6.42 Å². The molecule has 0 saturated carbocycles. The molecule has 0 aromatic heterocycles. The van der Waals surface area contributed by atoms with Crippen molar-refractivity contribution in [1.29, 1.82) is 0 Å². The normalized spacial score (nSPS) is 14.5. The van der Waals surface area contributed by atoms with Gasteiger partial charge in [0.25, 0.3) is 0 Å². The predicted octanol–water partition coefficient (Wildman–Crippen LogP) is 2.82. The second-order valence-electron chi connectivity index (χ2n) is 3.65. The number of anilines is 1. The summed E-state index contributed by atoms with van der Waals surface area (Å²) in [5.74, 6) is 1.19. The summed E-state index contributed by atoms with van der Waals surface area (Å²) >= 11 is 0. The highest BCUT2D eigenvalue weighted by Crippen LogP contribution is 2.32. The van der Waals surface area contributed by atoms with Crippen LogP contribution in [0.1, 0.15) is 6.42 Å². The molecule has 0 fully saturated rings. The first-order valence-corrected chi connectivity index (χ1v) is 5.25. The van der Waals surface area contributed by atoms with Crippen LogP contribution in [0.15, 0.2) is 18.2 Å². The number of hydrogen-bond acceptors (Lipinski definition) is 3. The fourth-order valence-electron chi connectivity index (χ4n) is 1.50. The Bertz CT molecular complexity index is 393. The molecular weight excluding hydrogens is 235 g/mol. The monoisotopic (exact) mass is 247 g/mol. The van der Waals surface area contributed by atoms with Gasteiger partial charge in [0.2, 0.25) is 0 Å². The second-order valence-corrected chi connectivity index (χ2v) is 3.65. The minimum atomic E-state index is -4.14. The van der Waals surface area contributed by atoms with E-state index in [9.17, 15) is 13.2 Å². The summed E-state index contributed by atoms with van der Waals surface area (Å²) < 4.78 is 46.5. The van der Waals surface area contributed by atoms with Crippen LogP contribution < -0.4 is 14.8 Å². The van der Waals surface area contributed by atoms with E-state index in [4.69, 9.17) is 9.47 Å². The lowest BCUT2D eigenvalue weighted by Crippen LogP contribution is -2.16.